The zero-order valence-electron chi connectivity index (χ0n) is 13.7. The molecule has 6 nitrogen and oxygen atoms in total. The topological polar surface area (TPSA) is 58.0 Å². The van der Waals surface area contributed by atoms with E-state index >= 15 is 0 Å². The first kappa shape index (κ1) is 16.3. The molecule has 8 heteroatoms. The predicted molar refractivity (Wildman–Crippen MR) is 101 cm³/mol. The molecule has 25 heavy (non-hydrogen) atoms. The van der Waals surface area contributed by atoms with E-state index < -0.39 is 0 Å². The molecule has 0 unspecified atom stereocenters. The fraction of sp³-hybridized carbons (Fsp3) is 0.294. The van der Waals surface area contributed by atoms with Gasteiger partial charge in [-0.25, -0.2) is 15.0 Å². The summed E-state index contributed by atoms with van der Waals surface area (Å²) in [5, 5.41) is 0.981. The Morgan fingerprint density at radius 2 is 1.48 bits per heavy atom. The average Bonchev–Trinajstić information content (AvgIpc) is 2.62. The third-order valence-corrected chi connectivity index (χ3v) is 4.98. The Labute approximate surface area is 155 Å². The van der Waals surface area contributed by atoms with Crippen molar-refractivity contribution in [1.29, 1.82) is 0 Å². The quantitative estimate of drug-likeness (QED) is 0.685. The molecular weight excluding hydrogens is 359 g/mol. The van der Waals surface area contributed by atoms with Crippen LogP contribution in [0.25, 0.3) is 11.0 Å². The van der Waals surface area contributed by atoms with Gasteiger partial charge in [-0.15, -0.1) is 0 Å². The van der Waals surface area contributed by atoms with Gasteiger partial charge in [0.1, 0.15) is 17.5 Å². The molecule has 0 spiro atoms. The Hall–Kier alpha value is -2.18. The highest BCUT2D eigenvalue weighted by molar-refractivity contribution is 6.42. The summed E-state index contributed by atoms with van der Waals surface area (Å²) in [7, 11) is 0. The second kappa shape index (κ2) is 6.61. The van der Waals surface area contributed by atoms with Crippen LogP contribution in [0.3, 0.4) is 0 Å². The lowest BCUT2D eigenvalue weighted by Crippen LogP contribution is -2.47. The van der Waals surface area contributed by atoms with Crippen LogP contribution >= 0.6 is 23.2 Å². The summed E-state index contributed by atoms with van der Waals surface area (Å²) >= 11 is 12.1. The van der Waals surface area contributed by atoms with E-state index in [0.717, 1.165) is 54.7 Å². The lowest BCUT2D eigenvalue weighted by atomic mass is 10.3. The van der Waals surface area contributed by atoms with Crippen molar-refractivity contribution in [2.24, 2.45) is 0 Å². The molecule has 0 aliphatic carbocycles. The smallest absolute Gasteiger partial charge is 0.147 e. The monoisotopic (exact) mass is 374 g/mol. The first-order chi connectivity index (χ1) is 12.1. The summed E-state index contributed by atoms with van der Waals surface area (Å²) in [6.07, 6.45) is 3.59. The van der Waals surface area contributed by atoms with Crippen LogP contribution in [0.15, 0.2) is 30.6 Å². The average molecular weight is 375 g/mol. The number of benzene rings is 1. The van der Waals surface area contributed by atoms with E-state index in [1.54, 1.807) is 24.5 Å². The summed E-state index contributed by atoms with van der Waals surface area (Å²) in [4.78, 5) is 22.3. The van der Waals surface area contributed by atoms with Gasteiger partial charge in [0, 0.05) is 32.4 Å². The van der Waals surface area contributed by atoms with Crippen molar-refractivity contribution < 1.29 is 0 Å². The molecule has 3 heterocycles. The second-order valence-corrected chi connectivity index (χ2v) is 6.73. The largest absolute Gasteiger partial charge is 0.353 e. The minimum absolute atomic E-state index is 0.490. The molecule has 1 fully saturated rings. The van der Waals surface area contributed by atoms with Crippen LogP contribution in [0.2, 0.25) is 10.0 Å². The number of hydrogen-bond donors (Lipinski definition) is 0. The number of aromatic nitrogens is 4. The maximum Gasteiger partial charge on any atom is 0.147 e. The fourth-order valence-corrected chi connectivity index (χ4v) is 3.25. The van der Waals surface area contributed by atoms with Crippen LogP contribution in [0.5, 0.6) is 0 Å². The molecular formula is C17H16Cl2N6. The Bertz CT molecular complexity index is 924. The van der Waals surface area contributed by atoms with E-state index in [2.05, 4.69) is 29.7 Å². The lowest BCUT2D eigenvalue weighted by Gasteiger charge is -2.35. The highest BCUT2D eigenvalue weighted by Gasteiger charge is 2.20. The number of piperazine rings is 1. The van der Waals surface area contributed by atoms with Crippen molar-refractivity contribution in [1.82, 2.24) is 19.9 Å². The van der Waals surface area contributed by atoms with E-state index in [1.807, 2.05) is 13.0 Å². The van der Waals surface area contributed by atoms with Gasteiger partial charge in [0.2, 0.25) is 0 Å². The third-order valence-electron chi connectivity index (χ3n) is 4.26. The van der Waals surface area contributed by atoms with Gasteiger partial charge in [-0.2, -0.15) is 0 Å². The SMILES string of the molecule is Cc1nccc(N2CCN(c3cnc4cc(Cl)c(Cl)cc4n3)CC2)n1. The summed E-state index contributed by atoms with van der Waals surface area (Å²) < 4.78 is 0. The molecule has 1 aromatic carbocycles. The summed E-state index contributed by atoms with van der Waals surface area (Å²) in [5.41, 5.74) is 1.49. The maximum atomic E-state index is 6.09. The highest BCUT2D eigenvalue weighted by Crippen LogP contribution is 2.27. The van der Waals surface area contributed by atoms with Crippen molar-refractivity contribution in [2.45, 2.75) is 6.92 Å². The highest BCUT2D eigenvalue weighted by atomic mass is 35.5. The molecule has 0 amide bonds. The molecule has 0 N–H and O–H groups in total. The second-order valence-electron chi connectivity index (χ2n) is 5.92. The number of anilines is 2. The molecule has 1 aliphatic rings. The normalized spacial score (nSPS) is 15.0. The Morgan fingerprint density at radius 3 is 2.16 bits per heavy atom. The number of nitrogens with zero attached hydrogens (tertiary/aromatic N) is 6. The molecule has 1 saturated heterocycles. The van der Waals surface area contributed by atoms with E-state index in [1.165, 1.54) is 0 Å². The van der Waals surface area contributed by atoms with Crippen LogP contribution in [-0.2, 0) is 0 Å². The lowest BCUT2D eigenvalue weighted by molar-refractivity contribution is 0.640. The molecule has 1 aliphatic heterocycles. The van der Waals surface area contributed by atoms with Gasteiger partial charge in [-0.3, -0.25) is 4.98 Å². The molecule has 0 saturated carbocycles. The summed E-state index contributed by atoms with van der Waals surface area (Å²) in [6.45, 7) is 5.35. The zero-order valence-corrected chi connectivity index (χ0v) is 15.2. The van der Waals surface area contributed by atoms with Crippen LogP contribution in [-0.4, -0.2) is 46.1 Å². The van der Waals surface area contributed by atoms with E-state index in [-0.39, 0.29) is 0 Å². The minimum Gasteiger partial charge on any atom is -0.353 e. The Balaban J connectivity index is 1.52. The molecule has 2 aromatic heterocycles. The zero-order chi connectivity index (χ0) is 17.4. The van der Waals surface area contributed by atoms with Crippen molar-refractivity contribution in [3.05, 3.63) is 46.5 Å². The Kier molecular flexibility index (Phi) is 4.31. The van der Waals surface area contributed by atoms with Gasteiger partial charge < -0.3 is 9.80 Å². The third kappa shape index (κ3) is 3.32. The van der Waals surface area contributed by atoms with Crippen LogP contribution in [0.1, 0.15) is 5.82 Å². The predicted octanol–water partition coefficient (Wildman–Crippen LogP) is 3.36. The first-order valence-corrected chi connectivity index (χ1v) is 8.77. The van der Waals surface area contributed by atoms with Crippen molar-refractivity contribution >= 4 is 45.9 Å². The van der Waals surface area contributed by atoms with Crippen LogP contribution < -0.4 is 9.80 Å². The minimum atomic E-state index is 0.490. The van der Waals surface area contributed by atoms with Gasteiger partial charge in [-0.05, 0) is 25.1 Å². The number of hydrogen-bond acceptors (Lipinski definition) is 6. The van der Waals surface area contributed by atoms with Gasteiger partial charge in [-0.1, -0.05) is 23.2 Å². The van der Waals surface area contributed by atoms with E-state index in [0.29, 0.717) is 10.0 Å². The number of rotatable bonds is 2. The number of halogens is 2. The van der Waals surface area contributed by atoms with Crippen LogP contribution in [0, 0.1) is 6.92 Å². The molecule has 0 bridgehead atoms. The molecule has 128 valence electrons. The molecule has 3 aromatic rings. The summed E-state index contributed by atoms with van der Waals surface area (Å²) in [5.74, 6) is 2.61. The van der Waals surface area contributed by atoms with Gasteiger partial charge in [0.25, 0.3) is 0 Å². The van der Waals surface area contributed by atoms with Gasteiger partial charge in [0.15, 0.2) is 0 Å². The van der Waals surface area contributed by atoms with Crippen LogP contribution in [0.4, 0.5) is 11.6 Å². The van der Waals surface area contributed by atoms with E-state index in [4.69, 9.17) is 23.2 Å². The maximum absolute atomic E-state index is 6.09. The summed E-state index contributed by atoms with van der Waals surface area (Å²) in [6, 6.07) is 5.45. The Morgan fingerprint density at radius 1 is 0.840 bits per heavy atom. The molecule has 0 radical (unpaired) electrons. The fourth-order valence-electron chi connectivity index (χ4n) is 2.94. The van der Waals surface area contributed by atoms with Gasteiger partial charge >= 0.3 is 0 Å². The molecule has 0 atom stereocenters. The van der Waals surface area contributed by atoms with Crippen molar-refractivity contribution in [3.63, 3.8) is 0 Å². The number of fused-ring (bicyclic) bond motifs is 1. The standard InChI is InChI=1S/C17H16Cl2N6/c1-11-20-3-2-16(22-11)24-4-6-25(7-5-24)17-10-21-14-8-12(18)13(19)9-15(14)23-17/h2-3,8-10H,4-7H2,1H3. The van der Waals surface area contributed by atoms with Gasteiger partial charge in [0.05, 0.1) is 27.3 Å². The first-order valence-electron chi connectivity index (χ1n) is 8.01. The van der Waals surface area contributed by atoms with E-state index in [9.17, 15) is 0 Å². The van der Waals surface area contributed by atoms with Crippen molar-refractivity contribution in [2.75, 3.05) is 36.0 Å². The van der Waals surface area contributed by atoms with Crippen molar-refractivity contribution in [3.8, 4) is 0 Å². The molecule has 4 rings (SSSR count). The number of aryl methyl sites for hydroxylation is 1.